The molecular formula is C4H12B2. The molecule has 0 amide bonds. The second kappa shape index (κ2) is 5.13. The second-order valence-electron chi connectivity index (χ2n) is 1.71. The van der Waals surface area contributed by atoms with Gasteiger partial charge in [-0.1, -0.05) is 26.5 Å². The first-order valence-corrected chi connectivity index (χ1v) is 2.91. The molecule has 0 aromatic carbocycles. The van der Waals surface area contributed by atoms with Crippen molar-refractivity contribution in [1.29, 1.82) is 0 Å². The Balaban J connectivity index is 2.34. The summed E-state index contributed by atoms with van der Waals surface area (Å²) in [6, 6.07) is 0. The van der Waals surface area contributed by atoms with Crippen molar-refractivity contribution in [2.24, 2.45) is 0 Å². The molecule has 0 aliphatic carbocycles. The summed E-state index contributed by atoms with van der Waals surface area (Å²) < 4.78 is 0. The molecule has 0 saturated heterocycles. The maximum absolute atomic E-state index is 2.23. The molecule has 34 valence electrons. The molecule has 0 atom stereocenters. The third-order valence-electron chi connectivity index (χ3n) is 0.957. The highest BCUT2D eigenvalue weighted by Gasteiger charge is 1.82. The van der Waals surface area contributed by atoms with Gasteiger partial charge in [-0.3, -0.25) is 0 Å². The molecule has 2 heteroatoms. The van der Waals surface area contributed by atoms with Crippen LogP contribution in [-0.4, -0.2) is 14.3 Å². The van der Waals surface area contributed by atoms with Gasteiger partial charge in [0.1, 0.15) is 0 Å². The summed E-state index contributed by atoms with van der Waals surface area (Å²) in [4.78, 5) is 0. The average Bonchev–Trinajstić information content (AvgIpc) is 1.61. The van der Waals surface area contributed by atoms with E-state index in [0.29, 0.717) is 0 Å². The molecular weight excluding hydrogens is 69.7 g/mol. The van der Waals surface area contributed by atoms with E-state index >= 15 is 0 Å². The molecule has 0 heterocycles. The summed E-state index contributed by atoms with van der Waals surface area (Å²) in [6.07, 6.45) is 2.71. The maximum Gasteiger partial charge on any atom is 0.0861 e. The predicted molar refractivity (Wildman–Crippen MR) is 35.3 cm³/mol. The van der Waals surface area contributed by atoms with E-state index in [9.17, 15) is 0 Å². The smallest absolute Gasteiger partial charge is 0.0861 e. The van der Waals surface area contributed by atoms with Gasteiger partial charge in [-0.2, -0.15) is 0 Å². The van der Waals surface area contributed by atoms with Crippen molar-refractivity contribution in [1.82, 2.24) is 0 Å². The highest BCUT2D eigenvalue weighted by Crippen LogP contribution is 1.74. The van der Waals surface area contributed by atoms with Gasteiger partial charge in [-0.05, 0) is 0 Å². The molecule has 0 fully saturated rings. The molecule has 0 aliphatic rings. The van der Waals surface area contributed by atoms with Crippen LogP contribution >= 0.6 is 0 Å². The van der Waals surface area contributed by atoms with Crippen LogP contribution in [0.25, 0.3) is 0 Å². The maximum atomic E-state index is 2.23. The third-order valence-corrected chi connectivity index (χ3v) is 0.957. The van der Waals surface area contributed by atoms with Crippen LogP contribution in [0.5, 0.6) is 0 Å². The standard InChI is InChI=1S/C4H12B2/c1-3-5-6-4-2/h5-6H,3-4H2,1-2H3. The molecule has 0 spiro atoms. The summed E-state index contributed by atoms with van der Waals surface area (Å²) in [6.45, 7) is 4.46. The Morgan fingerprint density at radius 2 is 1.33 bits per heavy atom. The van der Waals surface area contributed by atoms with Crippen LogP contribution in [0.3, 0.4) is 0 Å². The Morgan fingerprint density at radius 1 is 1.00 bits per heavy atom. The number of hydrogen-bond donors (Lipinski definition) is 0. The lowest BCUT2D eigenvalue weighted by Gasteiger charge is -1.80. The van der Waals surface area contributed by atoms with Crippen LogP contribution in [-0.2, 0) is 0 Å². The van der Waals surface area contributed by atoms with Crippen molar-refractivity contribution in [2.75, 3.05) is 0 Å². The van der Waals surface area contributed by atoms with Crippen LogP contribution in [0.15, 0.2) is 0 Å². The Labute approximate surface area is 41.8 Å². The molecule has 0 aliphatic heterocycles. The Bertz CT molecular complexity index is 17.5. The van der Waals surface area contributed by atoms with Gasteiger partial charge in [0.15, 0.2) is 0 Å². The Hall–Kier alpha value is 0.130. The fourth-order valence-electron chi connectivity index (χ4n) is 0.500. The van der Waals surface area contributed by atoms with Crippen LogP contribution in [0.4, 0.5) is 0 Å². The van der Waals surface area contributed by atoms with Crippen LogP contribution in [0.1, 0.15) is 13.8 Å². The van der Waals surface area contributed by atoms with Crippen molar-refractivity contribution in [2.45, 2.75) is 26.5 Å². The zero-order chi connectivity index (χ0) is 4.83. The van der Waals surface area contributed by atoms with Gasteiger partial charge < -0.3 is 0 Å². The first kappa shape index (κ1) is 6.13. The minimum atomic E-state index is 1.36. The first-order valence-electron chi connectivity index (χ1n) is 2.91. The van der Waals surface area contributed by atoms with Crippen molar-refractivity contribution >= 4 is 14.3 Å². The fraction of sp³-hybridized carbons (Fsp3) is 1.00. The molecule has 6 heavy (non-hydrogen) atoms. The SMILES string of the molecule is CCBBCC. The lowest BCUT2D eigenvalue weighted by atomic mass is 9.37. The van der Waals surface area contributed by atoms with Crippen LogP contribution < -0.4 is 0 Å². The third kappa shape index (κ3) is 4.13. The molecule has 0 bridgehead atoms. The van der Waals surface area contributed by atoms with E-state index < -0.39 is 0 Å². The summed E-state index contributed by atoms with van der Waals surface area (Å²) in [5.41, 5.74) is 0. The topological polar surface area (TPSA) is 0 Å². The quantitative estimate of drug-likeness (QED) is 0.346. The van der Waals surface area contributed by atoms with Gasteiger partial charge in [-0.25, -0.2) is 0 Å². The van der Waals surface area contributed by atoms with E-state index in [1.807, 2.05) is 0 Å². The summed E-state index contributed by atoms with van der Waals surface area (Å²) in [7, 11) is 2.83. The van der Waals surface area contributed by atoms with E-state index in [0.717, 1.165) is 0 Å². The lowest BCUT2D eigenvalue weighted by Crippen LogP contribution is -1.97. The van der Waals surface area contributed by atoms with Gasteiger partial charge >= 0.3 is 0 Å². The Morgan fingerprint density at radius 3 is 1.50 bits per heavy atom. The van der Waals surface area contributed by atoms with E-state index in [-0.39, 0.29) is 0 Å². The summed E-state index contributed by atoms with van der Waals surface area (Å²) >= 11 is 0. The van der Waals surface area contributed by atoms with Gasteiger partial charge in [0.2, 0.25) is 0 Å². The van der Waals surface area contributed by atoms with Gasteiger partial charge in [0.05, 0.1) is 14.3 Å². The summed E-state index contributed by atoms with van der Waals surface area (Å²) in [5.74, 6) is 0. The fourth-order valence-corrected chi connectivity index (χ4v) is 0.500. The molecule has 0 nitrogen and oxygen atoms in total. The number of rotatable bonds is 3. The molecule has 0 saturated carbocycles. The molecule has 0 rings (SSSR count). The predicted octanol–water partition coefficient (Wildman–Crippen LogP) is 0.651. The van der Waals surface area contributed by atoms with E-state index in [1.165, 1.54) is 27.0 Å². The van der Waals surface area contributed by atoms with E-state index in [1.54, 1.807) is 0 Å². The molecule has 0 aromatic heterocycles. The van der Waals surface area contributed by atoms with Gasteiger partial charge in [-0.15, -0.1) is 0 Å². The molecule has 0 unspecified atom stereocenters. The average molecular weight is 81.8 g/mol. The van der Waals surface area contributed by atoms with Crippen molar-refractivity contribution < 1.29 is 0 Å². The van der Waals surface area contributed by atoms with E-state index in [4.69, 9.17) is 0 Å². The normalized spacial score (nSPS) is 7.67. The zero-order valence-corrected chi connectivity index (χ0v) is 4.83. The molecule has 0 radical (unpaired) electrons. The zero-order valence-electron chi connectivity index (χ0n) is 4.83. The van der Waals surface area contributed by atoms with E-state index in [2.05, 4.69) is 13.8 Å². The number of hydrogen-bond acceptors (Lipinski definition) is 0. The minimum absolute atomic E-state index is 1.36. The Kier molecular flexibility index (Phi) is 5.24. The monoisotopic (exact) mass is 82.1 g/mol. The summed E-state index contributed by atoms with van der Waals surface area (Å²) in [5, 5.41) is 0. The van der Waals surface area contributed by atoms with Crippen LogP contribution in [0, 0.1) is 0 Å². The lowest BCUT2D eigenvalue weighted by molar-refractivity contribution is 1.45. The largest absolute Gasteiger partial charge is 0.0874 e. The van der Waals surface area contributed by atoms with Crippen molar-refractivity contribution in [3.63, 3.8) is 0 Å². The minimum Gasteiger partial charge on any atom is -0.0874 e. The van der Waals surface area contributed by atoms with Crippen molar-refractivity contribution in [3.8, 4) is 0 Å². The van der Waals surface area contributed by atoms with Crippen molar-refractivity contribution in [3.05, 3.63) is 0 Å². The van der Waals surface area contributed by atoms with Gasteiger partial charge in [0, 0.05) is 0 Å². The first-order chi connectivity index (χ1) is 2.91. The van der Waals surface area contributed by atoms with Gasteiger partial charge in [0.25, 0.3) is 0 Å². The highest BCUT2D eigenvalue weighted by molar-refractivity contribution is 7.00. The molecule has 0 aromatic rings. The van der Waals surface area contributed by atoms with Crippen LogP contribution in [0.2, 0.25) is 12.6 Å². The second-order valence-corrected chi connectivity index (χ2v) is 1.71. The highest BCUT2D eigenvalue weighted by atomic mass is 13.4. The molecule has 0 N–H and O–H groups in total.